The molecule has 0 heterocycles. The smallest absolute Gasteiger partial charge is 0.284 e. The van der Waals surface area contributed by atoms with Gasteiger partial charge in [-0.15, -0.1) is 12.2 Å². The molecular weight excluding hydrogens is 103 g/mol. The predicted octanol–water partition coefficient (Wildman–Crippen LogP) is -0.744. The van der Waals surface area contributed by atoms with Crippen molar-refractivity contribution in [2.45, 2.75) is 13.8 Å². The van der Waals surface area contributed by atoms with E-state index in [1.165, 1.54) is 11.5 Å². The first kappa shape index (κ1) is 8.73. The van der Waals surface area contributed by atoms with Crippen LogP contribution in [0.4, 0.5) is 0 Å². The maximum Gasteiger partial charge on any atom is 1.00 e. The summed E-state index contributed by atoms with van der Waals surface area (Å²) in [5.41, 5.74) is 4.31. The Morgan fingerprint density at radius 2 is 2.22 bits per heavy atom. The Balaban J connectivity index is 0.000000640. The van der Waals surface area contributed by atoms with Gasteiger partial charge in [-0.3, -0.25) is 5.73 Å². The van der Waals surface area contributed by atoms with E-state index in [-0.39, 0.29) is 18.9 Å². The molecule has 0 atom stereocenters. The maximum absolute atomic E-state index is 3.03. The fourth-order valence-electron chi connectivity index (χ4n) is 0.747. The van der Waals surface area contributed by atoms with E-state index in [1.807, 2.05) is 12.2 Å². The van der Waals surface area contributed by atoms with E-state index < -0.39 is 0 Å². The summed E-state index contributed by atoms with van der Waals surface area (Å²) < 4.78 is 0. The van der Waals surface area contributed by atoms with Crippen LogP contribution in [-0.4, -0.2) is 0 Å². The van der Waals surface area contributed by atoms with E-state index in [4.69, 9.17) is 0 Å². The van der Waals surface area contributed by atoms with Gasteiger partial charge in [0.2, 0.25) is 0 Å². The Labute approximate surface area is 68.5 Å². The standard InChI is InChI=1S/C8H9.Li/c1-7-4-3-5-8(2)6-7;/h4-6H,1-2H3;/q-1;+1. The Morgan fingerprint density at radius 1 is 1.56 bits per heavy atom. The van der Waals surface area contributed by atoms with Crippen molar-refractivity contribution in [3.8, 4) is 0 Å². The van der Waals surface area contributed by atoms with Gasteiger partial charge in [0.15, 0.2) is 0 Å². The van der Waals surface area contributed by atoms with Crippen LogP contribution in [0.5, 0.6) is 0 Å². The van der Waals surface area contributed by atoms with Crippen molar-refractivity contribution in [1.82, 2.24) is 0 Å². The van der Waals surface area contributed by atoms with Crippen LogP contribution in [0.2, 0.25) is 0 Å². The molecule has 1 aliphatic rings. The second-order valence-corrected chi connectivity index (χ2v) is 2.09. The molecule has 1 heteroatoms. The Bertz CT molecular complexity index is 171. The molecule has 0 aromatic rings. The molecule has 0 spiro atoms. The Morgan fingerprint density at radius 3 is 2.56 bits per heavy atom. The van der Waals surface area contributed by atoms with Gasteiger partial charge >= 0.3 is 18.9 Å². The van der Waals surface area contributed by atoms with E-state index in [1.54, 1.807) is 0 Å². The predicted molar refractivity (Wildman–Crippen MR) is 35.3 cm³/mol. The molecule has 0 aromatic carbocycles. The molecule has 0 saturated carbocycles. The molecular formula is C8H9Li. The largest absolute Gasteiger partial charge is 1.00 e. The van der Waals surface area contributed by atoms with E-state index in [0.29, 0.717) is 0 Å². The second kappa shape index (κ2) is 3.70. The molecule has 0 fully saturated rings. The van der Waals surface area contributed by atoms with Crippen molar-refractivity contribution >= 4 is 0 Å². The molecule has 0 saturated heterocycles. The van der Waals surface area contributed by atoms with Crippen LogP contribution in [0, 0.1) is 5.92 Å². The molecule has 0 unspecified atom stereocenters. The molecule has 0 radical (unpaired) electrons. The van der Waals surface area contributed by atoms with E-state index >= 15 is 0 Å². The van der Waals surface area contributed by atoms with Gasteiger partial charge in [0, 0.05) is 0 Å². The summed E-state index contributed by atoms with van der Waals surface area (Å²) in [6.45, 7) is 4.15. The van der Waals surface area contributed by atoms with Gasteiger partial charge in [-0.25, -0.2) is 0 Å². The Kier molecular flexibility index (Phi) is 3.58. The second-order valence-electron chi connectivity index (χ2n) is 2.09. The van der Waals surface area contributed by atoms with Crippen LogP contribution in [0.3, 0.4) is 0 Å². The van der Waals surface area contributed by atoms with Crippen LogP contribution in [-0.2, 0) is 0 Å². The molecule has 42 valence electrons. The van der Waals surface area contributed by atoms with Crippen molar-refractivity contribution < 1.29 is 18.9 Å². The average Bonchev–Trinajstić information content (AvgIpc) is 1.64. The van der Waals surface area contributed by atoms with Gasteiger partial charge < -0.3 is 0 Å². The molecule has 9 heavy (non-hydrogen) atoms. The van der Waals surface area contributed by atoms with E-state index in [9.17, 15) is 0 Å². The van der Waals surface area contributed by atoms with Crippen LogP contribution in [0.25, 0.3) is 0 Å². The summed E-state index contributed by atoms with van der Waals surface area (Å²) in [5.74, 6) is 1.28. The van der Waals surface area contributed by atoms with Crippen LogP contribution >= 0.6 is 0 Å². The third-order valence-electron chi connectivity index (χ3n) is 1.08. The first-order valence-corrected chi connectivity index (χ1v) is 2.73. The normalized spacial score (nSPS) is 14.9. The van der Waals surface area contributed by atoms with Gasteiger partial charge in [0.1, 0.15) is 0 Å². The molecule has 0 bridgehead atoms. The minimum absolute atomic E-state index is 0. The quantitative estimate of drug-likeness (QED) is 0.220. The molecule has 0 aromatic heterocycles. The first-order valence-electron chi connectivity index (χ1n) is 2.73. The van der Waals surface area contributed by atoms with Gasteiger partial charge in [-0.05, 0) is 0 Å². The van der Waals surface area contributed by atoms with Gasteiger partial charge in [-0.1, -0.05) is 13.8 Å². The van der Waals surface area contributed by atoms with Gasteiger partial charge in [0.05, 0.1) is 0 Å². The third-order valence-corrected chi connectivity index (χ3v) is 1.08. The maximum atomic E-state index is 3.03. The number of rotatable bonds is 0. The van der Waals surface area contributed by atoms with Crippen molar-refractivity contribution in [1.29, 1.82) is 0 Å². The zero-order valence-electron chi connectivity index (χ0n) is 6.23. The topological polar surface area (TPSA) is 0 Å². The summed E-state index contributed by atoms with van der Waals surface area (Å²) in [6, 6.07) is 0. The fourth-order valence-corrected chi connectivity index (χ4v) is 0.747. The number of allylic oxidation sites excluding steroid dienone is 3. The fraction of sp³-hybridized carbons (Fsp3) is 0.250. The summed E-state index contributed by atoms with van der Waals surface area (Å²) >= 11 is 0. The van der Waals surface area contributed by atoms with Gasteiger partial charge in [-0.2, -0.15) is 17.6 Å². The van der Waals surface area contributed by atoms with E-state index in [0.717, 1.165) is 0 Å². The molecule has 1 aliphatic carbocycles. The minimum Gasteiger partial charge on any atom is -0.284 e. The monoisotopic (exact) mass is 112 g/mol. The minimum atomic E-state index is 0. The summed E-state index contributed by atoms with van der Waals surface area (Å²) in [4.78, 5) is 0. The van der Waals surface area contributed by atoms with Gasteiger partial charge in [0.25, 0.3) is 0 Å². The molecule has 0 N–H and O–H groups in total. The van der Waals surface area contributed by atoms with Crippen molar-refractivity contribution in [3.05, 3.63) is 35.5 Å². The zero-order chi connectivity index (χ0) is 5.98. The van der Waals surface area contributed by atoms with Crippen LogP contribution in [0.1, 0.15) is 13.8 Å². The number of hydrogen-bond acceptors (Lipinski definition) is 0. The van der Waals surface area contributed by atoms with Crippen LogP contribution in [0.15, 0.2) is 29.5 Å². The molecule has 1 rings (SSSR count). The Hall–Kier alpha value is -0.273. The van der Waals surface area contributed by atoms with Crippen molar-refractivity contribution in [2.24, 2.45) is 0 Å². The third kappa shape index (κ3) is 2.68. The SMILES string of the molecule is CC1=C[C-](C)C=C=C1.[Li+]. The van der Waals surface area contributed by atoms with E-state index in [2.05, 4.69) is 25.7 Å². The van der Waals surface area contributed by atoms with Crippen LogP contribution < -0.4 is 18.9 Å². The average molecular weight is 112 g/mol. The first-order chi connectivity index (χ1) is 3.79. The zero-order valence-corrected chi connectivity index (χ0v) is 6.23. The molecule has 0 nitrogen and oxygen atoms in total. The van der Waals surface area contributed by atoms with Crippen molar-refractivity contribution in [3.63, 3.8) is 0 Å². The summed E-state index contributed by atoms with van der Waals surface area (Å²) in [7, 11) is 0. The van der Waals surface area contributed by atoms with Crippen molar-refractivity contribution in [2.75, 3.05) is 0 Å². The molecule has 0 aliphatic heterocycles. The summed E-state index contributed by atoms with van der Waals surface area (Å²) in [6.07, 6.45) is 6.09. The molecule has 0 amide bonds. The summed E-state index contributed by atoms with van der Waals surface area (Å²) in [5, 5.41) is 0. The number of hydrogen-bond donors (Lipinski definition) is 0.